The molecule has 1 aliphatic rings. The molecule has 1 aromatic carbocycles. The van der Waals surface area contributed by atoms with Gasteiger partial charge in [0.1, 0.15) is 5.82 Å². The number of unbranched alkanes of at least 4 members (excludes halogenated alkanes) is 4. The van der Waals surface area contributed by atoms with Gasteiger partial charge in [-0.15, -0.1) is 0 Å². The summed E-state index contributed by atoms with van der Waals surface area (Å²) in [6, 6.07) is 6.90. The second-order valence-electron chi connectivity index (χ2n) is 6.56. The molecule has 1 fully saturated rings. The van der Waals surface area contributed by atoms with Crippen molar-refractivity contribution in [2.45, 2.75) is 70.6 Å². The highest BCUT2D eigenvalue weighted by Gasteiger charge is 2.24. The average molecular weight is 300 g/mol. The van der Waals surface area contributed by atoms with E-state index in [1.165, 1.54) is 51.0 Å². The van der Waals surface area contributed by atoms with Gasteiger partial charge >= 0.3 is 0 Å². The van der Waals surface area contributed by atoms with Crippen LogP contribution in [0.25, 0.3) is 0 Å². The molecule has 0 aromatic heterocycles. The predicted octanol–water partition coefficient (Wildman–Crippen LogP) is 6.15. The number of nitrogens with zero attached hydrogens (tertiary/aromatic N) is 1. The third kappa shape index (κ3) is 4.83. The summed E-state index contributed by atoms with van der Waals surface area (Å²) in [7, 11) is 0. The molecule has 0 bridgehead atoms. The van der Waals surface area contributed by atoms with Crippen LogP contribution in [0.5, 0.6) is 0 Å². The molecule has 2 rings (SSSR count). The van der Waals surface area contributed by atoms with Crippen LogP contribution in [0.2, 0.25) is 0 Å². The van der Waals surface area contributed by atoms with E-state index in [1.807, 2.05) is 6.07 Å². The van der Waals surface area contributed by atoms with E-state index in [9.17, 15) is 4.39 Å². The molecule has 119 valence electrons. The van der Waals surface area contributed by atoms with Gasteiger partial charge in [-0.05, 0) is 55.2 Å². The van der Waals surface area contributed by atoms with Crippen LogP contribution in [0.3, 0.4) is 0 Å². The van der Waals surface area contributed by atoms with Gasteiger partial charge in [0, 0.05) is 0 Å². The van der Waals surface area contributed by atoms with Gasteiger partial charge in [-0.1, -0.05) is 51.5 Å². The van der Waals surface area contributed by atoms with E-state index < -0.39 is 0 Å². The summed E-state index contributed by atoms with van der Waals surface area (Å²) in [5.41, 5.74) is 1.20. The molecule has 0 spiro atoms. The topological polar surface area (TPSA) is 23.8 Å². The first-order chi connectivity index (χ1) is 10.7. The minimum Gasteiger partial charge on any atom is -0.207 e. The van der Waals surface area contributed by atoms with Gasteiger partial charge in [-0.25, -0.2) is 4.39 Å². The fourth-order valence-corrected chi connectivity index (χ4v) is 3.49. The van der Waals surface area contributed by atoms with Gasteiger partial charge in [0.05, 0.1) is 11.6 Å². The van der Waals surface area contributed by atoms with E-state index in [-0.39, 0.29) is 5.82 Å². The first-order valence-corrected chi connectivity index (χ1v) is 8.77. The van der Waals surface area contributed by atoms with Crippen LogP contribution in [0.1, 0.15) is 81.8 Å². The van der Waals surface area contributed by atoms with Gasteiger partial charge < -0.3 is 0 Å². The maximum absolute atomic E-state index is 14.1. The Morgan fingerprint density at radius 3 is 2.64 bits per heavy atom. The van der Waals surface area contributed by atoms with E-state index in [4.69, 9.17) is 5.26 Å². The maximum Gasteiger partial charge on any atom is 0.127 e. The van der Waals surface area contributed by atoms with Crippen LogP contribution >= 0.6 is 0 Å². The quantitative estimate of drug-likeness (QED) is 0.554. The normalized spacial score (nSPS) is 21.5. The molecule has 0 heterocycles. The summed E-state index contributed by atoms with van der Waals surface area (Å²) in [5.74, 6) is 0.805. The summed E-state index contributed by atoms with van der Waals surface area (Å²) in [6.07, 6.45) is 13.6. The first kappa shape index (κ1) is 17.0. The van der Waals surface area contributed by atoms with Crippen LogP contribution in [0.4, 0.5) is 4.39 Å². The van der Waals surface area contributed by atoms with Crippen molar-refractivity contribution in [2.24, 2.45) is 5.92 Å². The van der Waals surface area contributed by atoms with E-state index >= 15 is 0 Å². The van der Waals surface area contributed by atoms with Crippen molar-refractivity contribution in [3.05, 3.63) is 41.6 Å². The zero-order chi connectivity index (χ0) is 15.8. The van der Waals surface area contributed by atoms with Gasteiger partial charge in [-0.2, -0.15) is 5.26 Å². The Balaban J connectivity index is 1.76. The molecule has 0 N–H and O–H groups in total. The molecule has 1 radical (unpaired) electrons. The third-order valence-corrected chi connectivity index (χ3v) is 4.89. The van der Waals surface area contributed by atoms with Crippen molar-refractivity contribution in [3.8, 4) is 6.07 Å². The van der Waals surface area contributed by atoms with E-state index in [0.29, 0.717) is 11.5 Å². The van der Waals surface area contributed by atoms with Crippen molar-refractivity contribution < 1.29 is 4.39 Å². The SMILES string of the molecule is CCCCCCCC1[CH]CC(c2ccc(C#N)cc2F)CC1. The van der Waals surface area contributed by atoms with Crippen molar-refractivity contribution in [1.29, 1.82) is 5.26 Å². The Hall–Kier alpha value is -1.36. The number of nitriles is 1. The van der Waals surface area contributed by atoms with Crippen molar-refractivity contribution in [3.63, 3.8) is 0 Å². The molecule has 22 heavy (non-hydrogen) atoms. The lowest BCUT2D eigenvalue weighted by Gasteiger charge is -2.28. The Kier molecular flexibility index (Phi) is 6.90. The molecule has 1 aliphatic carbocycles. The number of halogens is 1. The van der Waals surface area contributed by atoms with Gasteiger partial charge in [0.15, 0.2) is 0 Å². The van der Waals surface area contributed by atoms with E-state index in [2.05, 4.69) is 13.3 Å². The van der Waals surface area contributed by atoms with Crippen LogP contribution in [-0.4, -0.2) is 0 Å². The van der Waals surface area contributed by atoms with Crippen LogP contribution in [0.15, 0.2) is 18.2 Å². The van der Waals surface area contributed by atoms with Crippen LogP contribution < -0.4 is 0 Å². The van der Waals surface area contributed by atoms with Gasteiger partial charge in [0.2, 0.25) is 0 Å². The molecule has 1 nitrogen and oxygen atoms in total. The maximum atomic E-state index is 14.1. The molecule has 1 saturated carbocycles. The van der Waals surface area contributed by atoms with E-state index in [0.717, 1.165) is 24.3 Å². The lowest BCUT2D eigenvalue weighted by molar-refractivity contribution is 0.369. The Bertz CT molecular complexity index is 495. The summed E-state index contributed by atoms with van der Waals surface area (Å²) in [4.78, 5) is 0. The summed E-state index contributed by atoms with van der Waals surface area (Å²) < 4.78 is 14.1. The van der Waals surface area contributed by atoms with Crippen molar-refractivity contribution in [2.75, 3.05) is 0 Å². The average Bonchev–Trinajstić information content (AvgIpc) is 2.55. The fraction of sp³-hybridized carbons (Fsp3) is 0.600. The highest BCUT2D eigenvalue weighted by Crippen LogP contribution is 2.38. The lowest BCUT2D eigenvalue weighted by atomic mass is 9.77. The highest BCUT2D eigenvalue weighted by molar-refractivity contribution is 5.34. The summed E-state index contributed by atoms with van der Waals surface area (Å²) >= 11 is 0. The second-order valence-corrected chi connectivity index (χ2v) is 6.56. The third-order valence-electron chi connectivity index (χ3n) is 4.89. The predicted molar refractivity (Wildman–Crippen MR) is 88.9 cm³/mol. The van der Waals surface area contributed by atoms with Gasteiger partial charge in [0.25, 0.3) is 0 Å². The van der Waals surface area contributed by atoms with Crippen LogP contribution in [-0.2, 0) is 0 Å². The highest BCUT2D eigenvalue weighted by atomic mass is 19.1. The first-order valence-electron chi connectivity index (χ1n) is 8.77. The van der Waals surface area contributed by atoms with Crippen molar-refractivity contribution >= 4 is 0 Å². The summed E-state index contributed by atoms with van der Waals surface area (Å²) in [5, 5.41) is 8.81. The Morgan fingerprint density at radius 2 is 2.00 bits per heavy atom. The minimum absolute atomic E-state index is 0.213. The zero-order valence-corrected chi connectivity index (χ0v) is 13.7. The van der Waals surface area contributed by atoms with Crippen molar-refractivity contribution in [1.82, 2.24) is 0 Å². The number of rotatable bonds is 7. The molecule has 0 amide bonds. The summed E-state index contributed by atoms with van der Waals surface area (Å²) in [6.45, 7) is 2.25. The molecular formula is C20H27FN. The molecule has 2 unspecified atom stereocenters. The lowest BCUT2D eigenvalue weighted by Crippen LogP contribution is -2.15. The Morgan fingerprint density at radius 1 is 1.18 bits per heavy atom. The molecule has 2 heteroatoms. The standard InChI is InChI=1S/C20H27FN/c1-2-3-4-5-6-7-16-8-11-18(12-9-16)19-13-10-17(15-22)14-20(19)21/h8,10,13-14,16,18H,2-7,9,11-12H2,1H3. The van der Waals surface area contributed by atoms with Gasteiger partial charge in [-0.3, -0.25) is 0 Å². The zero-order valence-electron chi connectivity index (χ0n) is 13.7. The Labute approximate surface area is 134 Å². The minimum atomic E-state index is -0.213. The number of hydrogen-bond donors (Lipinski definition) is 0. The largest absolute Gasteiger partial charge is 0.207 e. The van der Waals surface area contributed by atoms with E-state index in [1.54, 1.807) is 12.1 Å². The molecule has 1 aromatic rings. The second kappa shape index (κ2) is 8.93. The smallest absolute Gasteiger partial charge is 0.127 e. The molecule has 0 saturated heterocycles. The molecule has 0 aliphatic heterocycles. The molecular weight excluding hydrogens is 273 g/mol. The number of hydrogen-bond acceptors (Lipinski definition) is 1. The number of benzene rings is 1. The monoisotopic (exact) mass is 300 g/mol. The van der Waals surface area contributed by atoms with Crippen LogP contribution in [0, 0.1) is 29.5 Å². The fourth-order valence-electron chi connectivity index (χ4n) is 3.49. The molecule has 2 atom stereocenters.